The van der Waals surface area contributed by atoms with Crippen LogP contribution in [-0.2, 0) is 19.2 Å². The molecule has 9 nitrogen and oxygen atoms in total. The lowest BCUT2D eigenvalue weighted by atomic mass is 9.84. The number of piperidine rings is 1. The summed E-state index contributed by atoms with van der Waals surface area (Å²) in [5.74, 6) is -0.267. The molecule has 0 aliphatic carbocycles. The smallest absolute Gasteiger partial charge is 0.249 e. The molecule has 1 unspecified atom stereocenters. The molecule has 3 fully saturated rings. The Labute approximate surface area is 267 Å². The van der Waals surface area contributed by atoms with Crippen LogP contribution in [0.2, 0.25) is 0 Å². The summed E-state index contributed by atoms with van der Waals surface area (Å²) in [6.07, 6.45) is 10.6. The van der Waals surface area contributed by atoms with Gasteiger partial charge in [-0.15, -0.1) is 0 Å². The first-order valence-electron chi connectivity index (χ1n) is 17.3. The van der Waals surface area contributed by atoms with E-state index in [1.807, 2.05) is 45.6 Å². The Kier molecular flexibility index (Phi) is 12.9. The van der Waals surface area contributed by atoms with Crippen LogP contribution in [0.5, 0.6) is 0 Å². The van der Waals surface area contributed by atoms with E-state index in [-0.39, 0.29) is 47.7 Å². The molecule has 0 radical (unpaired) electrons. The molecule has 0 aromatic rings. The Morgan fingerprint density at radius 3 is 1.98 bits per heavy atom. The van der Waals surface area contributed by atoms with Crippen molar-refractivity contribution >= 4 is 23.6 Å². The van der Waals surface area contributed by atoms with Crippen LogP contribution in [0.4, 0.5) is 0 Å². The first-order valence-corrected chi connectivity index (χ1v) is 17.3. The molecule has 3 heterocycles. The summed E-state index contributed by atoms with van der Waals surface area (Å²) >= 11 is 0. The number of likely N-dealkylation sites (N-methyl/N-ethyl adjacent to an activating group) is 1. The highest BCUT2D eigenvalue weighted by Gasteiger charge is 2.41. The molecule has 3 saturated heterocycles. The second-order valence-electron chi connectivity index (χ2n) is 15.1. The predicted molar refractivity (Wildman–Crippen MR) is 176 cm³/mol. The van der Waals surface area contributed by atoms with Gasteiger partial charge in [-0.1, -0.05) is 60.0 Å². The molecule has 1 N–H and O–H groups in total. The minimum atomic E-state index is -0.712. The van der Waals surface area contributed by atoms with Crippen LogP contribution in [-0.4, -0.2) is 107 Å². The fraction of sp³-hybridized carbons (Fsp3) is 0.829. The number of hydrogen-bond acceptors (Lipinski definition) is 5. The summed E-state index contributed by atoms with van der Waals surface area (Å²) in [5, 5.41) is 3.15. The van der Waals surface area contributed by atoms with Crippen molar-refractivity contribution in [2.75, 3.05) is 33.2 Å². The van der Waals surface area contributed by atoms with Crippen LogP contribution in [0.1, 0.15) is 113 Å². The first kappa shape index (κ1) is 36.1. The van der Waals surface area contributed by atoms with Crippen LogP contribution >= 0.6 is 0 Å². The highest BCUT2D eigenvalue weighted by atomic mass is 16.2. The largest absolute Gasteiger partial charge is 0.342 e. The van der Waals surface area contributed by atoms with Crippen molar-refractivity contribution in [3.05, 3.63) is 11.6 Å². The zero-order valence-corrected chi connectivity index (χ0v) is 29.2. The topological polar surface area (TPSA) is 93.3 Å². The third-order valence-electron chi connectivity index (χ3n) is 9.86. The van der Waals surface area contributed by atoms with Gasteiger partial charge in [0.2, 0.25) is 23.6 Å². The SMILES string of the molecule is CC(=C[C@H](C(C)C)N(C)C(=O)[C@@H](NC(=O)C1CCCCN1C(C)C)C(C)(C)C)C(=O)N1CCC[C@H]1C(=O)N1CCCCCC1. The van der Waals surface area contributed by atoms with Gasteiger partial charge in [-0.25, -0.2) is 0 Å². The molecule has 0 bridgehead atoms. The monoisotopic (exact) mass is 615 g/mol. The van der Waals surface area contributed by atoms with Crippen molar-refractivity contribution in [2.24, 2.45) is 11.3 Å². The van der Waals surface area contributed by atoms with Crippen molar-refractivity contribution in [3.63, 3.8) is 0 Å². The Balaban J connectivity index is 1.77. The highest BCUT2D eigenvalue weighted by Crippen LogP contribution is 2.27. The standard InChI is InChI=1S/C35H61N5O4/c1-24(2)29(23-26(5)32(42)40-22-16-18-28(40)33(43)38-19-13-10-11-14-20-38)37(9)34(44)30(35(6,7)8)36-31(41)27-17-12-15-21-39(27)25(3)4/h23-25,27-30H,10-22H2,1-9H3,(H,36,41)/t27?,28-,29+,30+/m0/s1. The summed E-state index contributed by atoms with van der Waals surface area (Å²) in [7, 11) is 1.77. The van der Waals surface area contributed by atoms with Gasteiger partial charge in [-0.05, 0) is 77.2 Å². The van der Waals surface area contributed by atoms with Gasteiger partial charge in [-0.3, -0.25) is 24.1 Å². The maximum atomic E-state index is 14.1. The second-order valence-corrected chi connectivity index (χ2v) is 15.1. The molecule has 4 amide bonds. The highest BCUT2D eigenvalue weighted by molar-refractivity contribution is 5.97. The van der Waals surface area contributed by atoms with E-state index in [1.165, 1.54) is 0 Å². The Hall–Kier alpha value is -2.42. The van der Waals surface area contributed by atoms with Crippen molar-refractivity contribution in [1.82, 2.24) is 24.9 Å². The van der Waals surface area contributed by atoms with Gasteiger partial charge in [0.15, 0.2) is 0 Å². The molecule has 0 saturated carbocycles. The van der Waals surface area contributed by atoms with Crippen LogP contribution in [0.3, 0.4) is 0 Å². The van der Waals surface area contributed by atoms with Gasteiger partial charge >= 0.3 is 0 Å². The third kappa shape index (κ3) is 8.85. The summed E-state index contributed by atoms with van der Waals surface area (Å²) in [6, 6.07) is -1.46. The second kappa shape index (κ2) is 15.7. The minimum absolute atomic E-state index is 0.0332. The van der Waals surface area contributed by atoms with Gasteiger partial charge in [0.25, 0.3) is 0 Å². The van der Waals surface area contributed by atoms with E-state index in [0.717, 1.165) is 71.0 Å². The number of carbonyl (C=O) groups is 4. The zero-order chi connectivity index (χ0) is 32.8. The molecule has 3 aliphatic rings. The maximum Gasteiger partial charge on any atom is 0.249 e. The lowest BCUT2D eigenvalue weighted by molar-refractivity contribution is -0.142. The van der Waals surface area contributed by atoms with Crippen LogP contribution in [0.15, 0.2) is 11.6 Å². The summed E-state index contributed by atoms with van der Waals surface area (Å²) in [4.78, 5) is 62.7. The molecular weight excluding hydrogens is 554 g/mol. The lowest BCUT2D eigenvalue weighted by Gasteiger charge is -2.41. The van der Waals surface area contributed by atoms with Gasteiger partial charge < -0.3 is 20.0 Å². The lowest BCUT2D eigenvalue weighted by Crippen LogP contribution is -2.60. The van der Waals surface area contributed by atoms with Crippen LogP contribution in [0, 0.1) is 11.3 Å². The number of carbonyl (C=O) groups excluding carboxylic acids is 4. The molecule has 250 valence electrons. The van der Waals surface area contributed by atoms with Crippen LogP contribution in [0.25, 0.3) is 0 Å². The molecule has 0 aromatic carbocycles. The van der Waals surface area contributed by atoms with Gasteiger partial charge in [0.05, 0.1) is 12.1 Å². The predicted octanol–water partition coefficient (Wildman–Crippen LogP) is 4.60. The molecule has 9 heteroatoms. The Bertz CT molecular complexity index is 1040. The molecule has 44 heavy (non-hydrogen) atoms. The molecule has 4 atom stereocenters. The molecule has 3 aliphatic heterocycles. The van der Waals surface area contributed by atoms with E-state index < -0.39 is 17.5 Å². The average Bonchev–Trinajstić information content (AvgIpc) is 3.30. The summed E-state index contributed by atoms with van der Waals surface area (Å²) < 4.78 is 0. The molecule has 3 rings (SSSR count). The summed E-state index contributed by atoms with van der Waals surface area (Å²) in [6.45, 7) is 19.1. The molecular formula is C35H61N5O4. The average molecular weight is 616 g/mol. The van der Waals surface area contributed by atoms with E-state index in [9.17, 15) is 19.2 Å². The van der Waals surface area contributed by atoms with Gasteiger partial charge in [0.1, 0.15) is 12.1 Å². The molecule has 0 spiro atoms. The van der Waals surface area contributed by atoms with E-state index in [0.29, 0.717) is 18.5 Å². The van der Waals surface area contributed by atoms with Crippen molar-refractivity contribution in [1.29, 1.82) is 0 Å². The minimum Gasteiger partial charge on any atom is -0.342 e. The zero-order valence-electron chi connectivity index (χ0n) is 29.2. The van der Waals surface area contributed by atoms with Crippen molar-refractivity contribution in [3.8, 4) is 0 Å². The maximum absolute atomic E-state index is 14.1. The fourth-order valence-electron chi connectivity index (χ4n) is 7.16. The van der Waals surface area contributed by atoms with Gasteiger partial charge in [0, 0.05) is 38.3 Å². The van der Waals surface area contributed by atoms with Gasteiger partial charge in [-0.2, -0.15) is 0 Å². The number of likely N-dealkylation sites (tertiary alicyclic amines) is 3. The Morgan fingerprint density at radius 2 is 1.41 bits per heavy atom. The Morgan fingerprint density at radius 1 is 0.818 bits per heavy atom. The number of hydrogen-bond donors (Lipinski definition) is 1. The number of nitrogens with zero attached hydrogens (tertiary/aromatic N) is 4. The van der Waals surface area contributed by atoms with E-state index in [4.69, 9.17) is 0 Å². The number of rotatable bonds is 9. The summed E-state index contributed by atoms with van der Waals surface area (Å²) in [5.41, 5.74) is 0.0373. The number of amides is 4. The molecule has 0 aromatic heterocycles. The first-order chi connectivity index (χ1) is 20.6. The van der Waals surface area contributed by atoms with Crippen molar-refractivity contribution < 1.29 is 19.2 Å². The van der Waals surface area contributed by atoms with E-state index in [1.54, 1.807) is 23.8 Å². The van der Waals surface area contributed by atoms with Crippen LogP contribution < -0.4 is 5.32 Å². The quantitative estimate of drug-likeness (QED) is 0.383. The van der Waals surface area contributed by atoms with E-state index >= 15 is 0 Å². The normalized spacial score (nSPS) is 23.8. The fourth-order valence-corrected chi connectivity index (χ4v) is 7.16. The number of nitrogens with one attached hydrogen (secondary N) is 1. The van der Waals surface area contributed by atoms with E-state index in [2.05, 4.69) is 24.1 Å². The van der Waals surface area contributed by atoms with Crippen molar-refractivity contribution in [2.45, 2.75) is 143 Å². The third-order valence-corrected chi connectivity index (χ3v) is 9.86.